The maximum Gasteiger partial charge on any atom is 0.131 e. The number of ether oxygens (including phenoxy) is 1. The molecule has 3 aromatic rings. The van der Waals surface area contributed by atoms with Crippen LogP contribution in [0.15, 0.2) is 60.7 Å². The van der Waals surface area contributed by atoms with Gasteiger partial charge in [0.05, 0.1) is 0 Å². The summed E-state index contributed by atoms with van der Waals surface area (Å²) in [5.74, 6) is 0.760. The molecule has 1 aliphatic rings. The van der Waals surface area contributed by atoms with Crippen LogP contribution in [-0.4, -0.2) is 13.7 Å². The molecule has 192 valence electrons. The van der Waals surface area contributed by atoms with E-state index in [-0.39, 0.29) is 5.82 Å². The van der Waals surface area contributed by atoms with E-state index in [0.29, 0.717) is 23.7 Å². The Morgan fingerprint density at radius 3 is 2.06 bits per heavy atom. The van der Waals surface area contributed by atoms with Crippen molar-refractivity contribution in [3.63, 3.8) is 0 Å². The summed E-state index contributed by atoms with van der Waals surface area (Å²) in [7, 11) is 1.66. The van der Waals surface area contributed by atoms with Gasteiger partial charge in [-0.05, 0) is 84.7 Å². The molecule has 0 aliphatic heterocycles. The molecule has 1 nitrogen and oxygen atoms in total. The second-order valence-electron chi connectivity index (χ2n) is 10.4. The van der Waals surface area contributed by atoms with Crippen LogP contribution in [0.25, 0.3) is 22.3 Å². The van der Waals surface area contributed by atoms with Crippen LogP contribution < -0.4 is 0 Å². The molecule has 3 heteroatoms. The monoisotopic (exact) mass is 490 g/mol. The van der Waals surface area contributed by atoms with Crippen LogP contribution in [0.5, 0.6) is 0 Å². The van der Waals surface area contributed by atoms with Gasteiger partial charge in [0.25, 0.3) is 0 Å². The molecule has 0 radical (unpaired) electrons. The third-order valence-corrected chi connectivity index (χ3v) is 7.88. The second-order valence-corrected chi connectivity index (χ2v) is 10.4. The van der Waals surface area contributed by atoms with Gasteiger partial charge < -0.3 is 4.74 Å². The highest BCUT2D eigenvalue weighted by atomic mass is 19.1. The second kappa shape index (κ2) is 13.1. The van der Waals surface area contributed by atoms with Crippen LogP contribution in [0.4, 0.5) is 8.78 Å². The van der Waals surface area contributed by atoms with Crippen LogP contribution in [0, 0.1) is 17.6 Å². The van der Waals surface area contributed by atoms with E-state index in [1.807, 2.05) is 12.1 Å². The maximum absolute atomic E-state index is 15.1. The summed E-state index contributed by atoms with van der Waals surface area (Å²) in [5, 5.41) is 0. The molecule has 0 bridgehead atoms. The number of aryl methyl sites for hydroxylation is 1. The smallest absolute Gasteiger partial charge is 0.131 e. The lowest BCUT2D eigenvalue weighted by Crippen LogP contribution is -2.13. The molecule has 0 saturated heterocycles. The number of hydrogen-bond acceptors (Lipinski definition) is 1. The summed E-state index contributed by atoms with van der Waals surface area (Å²) in [6, 6.07) is 18.8. The van der Waals surface area contributed by atoms with Crippen LogP contribution in [0.3, 0.4) is 0 Å². The lowest BCUT2D eigenvalue weighted by molar-refractivity contribution is 0.195. The van der Waals surface area contributed by atoms with Crippen molar-refractivity contribution in [1.82, 2.24) is 0 Å². The first-order valence-corrected chi connectivity index (χ1v) is 13.8. The van der Waals surface area contributed by atoms with E-state index in [1.54, 1.807) is 19.2 Å². The van der Waals surface area contributed by atoms with E-state index in [1.165, 1.54) is 69.1 Å². The van der Waals surface area contributed by atoms with E-state index in [9.17, 15) is 4.39 Å². The van der Waals surface area contributed by atoms with Gasteiger partial charge in [-0.15, -0.1) is 0 Å². The Labute approximate surface area is 215 Å². The summed E-state index contributed by atoms with van der Waals surface area (Å²) in [6.45, 7) is 2.91. The van der Waals surface area contributed by atoms with Crippen molar-refractivity contribution in [1.29, 1.82) is 0 Å². The Kier molecular flexibility index (Phi) is 9.69. The van der Waals surface area contributed by atoms with Gasteiger partial charge in [0.15, 0.2) is 0 Å². The molecule has 0 spiro atoms. The average Bonchev–Trinajstić information content (AvgIpc) is 2.90. The highest BCUT2D eigenvalue weighted by Crippen LogP contribution is 2.38. The molecule has 36 heavy (non-hydrogen) atoms. The quantitative estimate of drug-likeness (QED) is 0.243. The zero-order valence-electron chi connectivity index (χ0n) is 21.9. The molecule has 1 saturated carbocycles. The van der Waals surface area contributed by atoms with Crippen molar-refractivity contribution in [2.45, 2.75) is 77.0 Å². The summed E-state index contributed by atoms with van der Waals surface area (Å²) in [6.07, 6.45) is 12.2. The summed E-state index contributed by atoms with van der Waals surface area (Å²) in [5.41, 5.74) is 4.71. The number of unbranched alkanes of at least 4 members (excludes halogenated alkanes) is 2. The van der Waals surface area contributed by atoms with Crippen molar-refractivity contribution in [2.24, 2.45) is 5.92 Å². The first-order chi connectivity index (χ1) is 17.6. The van der Waals surface area contributed by atoms with E-state index in [2.05, 4.69) is 31.2 Å². The average molecular weight is 491 g/mol. The van der Waals surface area contributed by atoms with Crippen molar-refractivity contribution < 1.29 is 13.5 Å². The molecule has 3 aromatic carbocycles. The van der Waals surface area contributed by atoms with Crippen LogP contribution in [0.2, 0.25) is 0 Å². The Morgan fingerprint density at radius 1 is 0.750 bits per heavy atom. The summed E-state index contributed by atoms with van der Waals surface area (Å²) in [4.78, 5) is 0. The molecule has 0 unspecified atom stereocenters. The molecule has 4 rings (SSSR count). The lowest BCUT2D eigenvalue weighted by Gasteiger charge is -2.29. The standard InChI is InChI=1S/C33H40F2O/c1-3-4-5-7-24-9-12-26(13-10-24)27-14-16-28(17-15-27)29-18-20-31(33(35)23-29)30-19-11-25(22-32(30)34)8-6-21-36-2/h11,14-20,22-24,26H,3-10,12-13,21H2,1-2H3. The number of benzene rings is 3. The molecular weight excluding hydrogens is 450 g/mol. The number of hydrogen-bond donors (Lipinski definition) is 0. The van der Waals surface area contributed by atoms with E-state index in [0.717, 1.165) is 35.4 Å². The largest absolute Gasteiger partial charge is 0.385 e. The van der Waals surface area contributed by atoms with Crippen LogP contribution in [-0.2, 0) is 11.2 Å². The molecule has 0 atom stereocenters. The molecule has 1 fully saturated rings. The fraction of sp³-hybridized carbons (Fsp3) is 0.455. The number of methoxy groups -OCH3 is 1. The van der Waals surface area contributed by atoms with Gasteiger partial charge >= 0.3 is 0 Å². The minimum atomic E-state index is -0.399. The topological polar surface area (TPSA) is 9.23 Å². The first-order valence-electron chi connectivity index (χ1n) is 13.8. The van der Waals surface area contributed by atoms with Gasteiger partial charge in [0.1, 0.15) is 11.6 Å². The fourth-order valence-electron chi connectivity index (χ4n) is 5.68. The van der Waals surface area contributed by atoms with Gasteiger partial charge in [0.2, 0.25) is 0 Å². The maximum atomic E-state index is 15.1. The SMILES string of the molecule is CCCCCC1CCC(c2ccc(-c3ccc(-c4ccc(CCCOC)cc4F)c(F)c3)cc2)CC1. The molecule has 0 amide bonds. The molecular formula is C33H40F2O. The minimum Gasteiger partial charge on any atom is -0.385 e. The number of halogens is 2. The Hall–Kier alpha value is -2.52. The summed E-state index contributed by atoms with van der Waals surface area (Å²) >= 11 is 0. The van der Waals surface area contributed by atoms with Gasteiger partial charge in [-0.2, -0.15) is 0 Å². The van der Waals surface area contributed by atoms with Crippen LogP contribution >= 0.6 is 0 Å². The Balaban J connectivity index is 1.40. The predicted molar refractivity (Wildman–Crippen MR) is 146 cm³/mol. The van der Waals surface area contributed by atoms with Gasteiger partial charge in [-0.1, -0.05) is 81.1 Å². The highest BCUT2D eigenvalue weighted by molar-refractivity contribution is 5.71. The first kappa shape index (κ1) is 26.5. The minimum absolute atomic E-state index is 0.298. The van der Waals surface area contributed by atoms with Gasteiger partial charge in [0, 0.05) is 24.8 Å². The highest BCUT2D eigenvalue weighted by Gasteiger charge is 2.22. The van der Waals surface area contributed by atoms with Crippen molar-refractivity contribution in [3.8, 4) is 22.3 Å². The van der Waals surface area contributed by atoms with E-state index in [4.69, 9.17) is 4.74 Å². The van der Waals surface area contributed by atoms with Crippen LogP contribution in [0.1, 0.15) is 81.8 Å². The predicted octanol–water partition coefficient (Wildman–Crippen LogP) is 9.73. The number of rotatable bonds is 11. The molecule has 0 N–H and O–H groups in total. The molecule has 0 aromatic heterocycles. The van der Waals surface area contributed by atoms with E-state index < -0.39 is 5.82 Å². The van der Waals surface area contributed by atoms with Crippen molar-refractivity contribution >= 4 is 0 Å². The molecule has 0 heterocycles. The van der Waals surface area contributed by atoms with Gasteiger partial charge in [-0.3, -0.25) is 0 Å². The Morgan fingerprint density at radius 2 is 1.42 bits per heavy atom. The Bertz CT molecular complexity index is 1100. The third-order valence-electron chi connectivity index (χ3n) is 7.88. The van der Waals surface area contributed by atoms with Crippen molar-refractivity contribution in [3.05, 3.63) is 83.4 Å². The zero-order valence-corrected chi connectivity index (χ0v) is 21.9. The van der Waals surface area contributed by atoms with E-state index >= 15 is 4.39 Å². The van der Waals surface area contributed by atoms with Crippen molar-refractivity contribution in [2.75, 3.05) is 13.7 Å². The zero-order chi connectivity index (χ0) is 25.3. The lowest BCUT2D eigenvalue weighted by atomic mass is 9.77. The fourth-order valence-corrected chi connectivity index (χ4v) is 5.68. The van der Waals surface area contributed by atoms with Gasteiger partial charge in [-0.25, -0.2) is 8.78 Å². The molecule has 1 aliphatic carbocycles. The normalized spacial score (nSPS) is 17.9. The third kappa shape index (κ3) is 6.82. The summed E-state index contributed by atoms with van der Waals surface area (Å²) < 4.78 is 34.9.